The highest BCUT2D eigenvalue weighted by atomic mass is 19.4. The van der Waals surface area contributed by atoms with Gasteiger partial charge in [0.2, 0.25) is 0 Å². The molecule has 4 N–H and O–H groups in total. The van der Waals surface area contributed by atoms with E-state index in [0.717, 1.165) is 12.1 Å². The number of amides is 1. The summed E-state index contributed by atoms with van der Waals surface area (Å²) >= 11 is 0. The summed E-state index contributed by atoms with van der Waals surface area (Å²) in [5.74, 6) is -0.731. The Balaban J connectivity index is 2.31. The minimum atomic E-state index is -4.53. The van der Waals surface area contributed by atoms with E-state index in [1.807, 2.05) is 0 Å². The predicted molar refractivity (Wildman–Crippen MR) is 62.4 cm³/mol. The van der Waals surface area contributed by atoms with Gasteiger partial charge in [0.05, 0.1) is 23.0 Å². The second-order valence-electron chi connectivity index (χ2n) is 3.74. The van der Waals surface area contributed by atoms with E-state index in [-0.39, 0.29) is 11.3 Å². The lowest BCUT2D eigenvalue weighted by molar-refractivity contribution is -0.137. The number of anilines is 2. The van der Waals surface area contributed by atoms with Crippen molar-refractivity contribution in [3.8, 4) is 0 Å². The quantitative estimate of drug-likeness (QED) is 0.732. The molecule has 1 aromatic heterocycles. The first-order chi connectivity index (χ1) is 8.88. The van der Waals surface area contributed by atoms with Gasteiger partial charge in [0.15, 0.2) is 0 Å². The van der Waals surface area contributed by atoms with E-state index < -0.39 is 17.6 Å². The first-order valence-corrected chi connectivity index (χ1v) is 5.15. The van der Waals surface area contributed by atoms with Gasteiger partial charge in [0.25, 0.3) is 5.91 Å². The molecule has 0 saturated carbocycles. The molecule has 0 aliphatic heterocycles. The van der Waals surface area contributed by atoms with Crippen molar-refractivity contribution in [3.63, 3.8) is 0 Å². The second-order valence-corrected chi connectivity index (χ2v) is 3.74. The summed E-state index contributed by atoms with van der Waals surface area (Å²) in [5, 5.41) is 8.44. The van der Waals surface area contributed by atoms with E-state index in [9.17, 15) is 18.0 Å². The SMILES string of the molecule is Nc1ccc(C(F)(F)F)cc1C(=O)Nc1cn[nH]c1. The molecular formula is C11H9F3N4O. The van der Waals surface area contributed by atoms with Crippen molar-refractivity contribution in [1.29, 1.82) is 0 Å². The minimum Gasteiger partial charge on any atom is -0.398 e. The van der Waals surface area contributed by atoms with Gasteiger partial charge in [-0.15, -0.1) is 0 Å². The van der Waals surface area contributed by atoms with E-state index in [1.54, 1.807) is 0 Å². The summed E-state index contributed by atoms with van der Waals surface area (Å²) in [6, 6.07) is 2.59. The van der Waals surface area contributed by atoms with Gasteiger partial charge in [-0.2, -0.15) is 18.3 Å². The van der Waals surface area contributed by atoms with Crippen LogP contribution in [0.5, 0.6) is 0 Å². The van der Waals surface area contributed by atoms with E-state index in [1.165, 1.54) is 12.4 Å². The van der Waals surface area contributed by atoms with Gasteiger partial charge < -0.3 is 11.1 Å². The molecule has 0 aliphatic carbocycles. The molecule has 19 heavy (non-hydrogen) atoms. The second kappa shape index (κ2) is 4.63. The standard InChI is InChI=1S/C11H9F3N4O/c12-11(13,14)6-1-2-9(15)8(3-6)10(19)18-7-4-16-17-5-7/h1-5H,15H2,(H,16,17)(H,18,19). The Bertz CT molecular complexity index is 592. The van der Waals surface area contributed by atoms with Crippen LogP contribution in [0, 0.1) is 0 Å². The van der Waals surface area contributed by atoms with Gasteiger partial charge in [0, 0.05) is 11.9 Å². The fourth-order valence-corrected chi connectivity index (χ4v) is 1.45. The Hall–Kier alpha value is -2.51. The van der Waals surface area contributed by atoms with Crippen LogP contribution in [0.25, 0.3) is 0 Å². The van der Waals surface area contributed by atoms with Crippen molar-refractivity contribution in [2.45, 2.75) is 6.18 Å². The van der Waals surface area contributed by atoms with Crippen molar-refractivity contribution in [2.75, 3.05) is 11.1 Å². The number of carbonyl (C=O) groups is 1. The number of benzene rings is 1. The summed E-state index contributed by atoms with van der Waals surface area (Å²) in [6.07, 6.45) is -1.82. The molecule has 0 aliphatic rings. The number of nitrogens with zero attached hydrogens (tertiary/aromatic N) is 1. The lowest BCUT2D eigenvalue weighted by Crippen LogP contribution is -2.15. The zero-order valence-corrected chi connectivity index (χ0v) is 9.45. The molecule has 0 atom stereocenters. The number of hydrogen-bond donors (Lipinski definition) is 3. The van der Waals surface area contributed by atoms with Crippen molar-refractivity contribution >= 4 is 17.3 Å². The molecule has 1 amide bonds. The molecular weight excluding hydrogens is 261 g/mol. The molecule has 0 bridgehead atoms. The molecule has 100 valence electrons. The van der Waals surface area contributed by atoms with Crippen LogP contribution in [-0.4, -0.2) is 16.1 Å². The van der Waals surface area contributed by atoms with Crippen LogP contribution in [0.3, 0.4) is 0 Å². The van der Waals surface area contributed by atoms with Gasteiger partial charge >= 0.3 is 6.18 Å². The molecule has 0 fully saturated rings. The maximum atomic E-state index is 12.6. The average Bonchev–Trinajstić information content (AvgIpc) is 2.80. The summed E-state index contributed by atoms with van der Waals surface area (Å²) < 4.78 is 37.7. The van der Waals surface area contributed by atoms with Crippen molar-refractivity contribution < 1.29 is 18.0 Å². The first-order valence-electron chi connectivity index (χ1n) is 5.15. The maximum Gasteiger partial charge on any atom is 0.416 e. The molecule has 0 saturated heterocycles. The summed E-state index contributed by atoms with van der Waals surface area (Å²) in [7, 11) is 0. The smallest absolute Gasteiger partial charge is 0.398 e. The third kappa shape index (κ3) is 2.84. The highest BCUT2D eigenvalue weighted by Gasteiger charge is 2.31. The van der Waals surface area contributed by atoms with Crippen molar-refractivity contribution in [3.05, 3.63) is 41.7 Å². The third-order valence-corrected chi connectivity index (χ3v) is 2.38. The number of aromatic nitrogens is 2. The lowest BCUT2D eigenvalue weighted by Gasteiger charge is -2.10. The molecule has 1 heterocycles. The number of carbonyl (C=O) groups excluding carboxylic acids is 1. The van der Waals surface area contributed by atoms with Gasteiger partial charge in [-0.1, -0.05) is 0 Å². The zero-order valence-electron chi connectivity index (χ0n) is 9.45. The van der Waals surface area contributed by atoms with Gasteiger partial charge in [-0.25, -0.2) is 0 Å². The Morgan fingerprint density at radius 3 is 2.68 bits per heavy atom. The largest absolute Gasteiger partial charge is 0.416 e. The topological polar surface area (TPSA) is 83.8 Å². The number of aromatic amines is 1. The summed E-state index contributed by atoms with van der Waals surface area (Å²) in [4.78, 5) is 11.8. The Kier molecular flexibility index (Phi) is 3.16. The fraction of sp³-hybridized carbons (Fsp3) is 0.0909. The van der Waals surface area contributed by atoms with E-state index in [4.69, 9.17) is 5.73 Å². The lowest BCUT2D eigenvalue weighted by atomic mass is 10.1. The first kappa shape index (κ1) is 12.9. The molecule has 8 heteroatoms. The molecule has 1 aromatic carbocycles. The molecule has 5 nitrogen and oxygen atoms in total. The fourth-order valence-electron chi connectivity index (χ4n) is 1.45. The van der Waals surface area contributed by atoms with Gasteiger partial charge in [-0.05, 0) is 18.2 Å². The van der Waals surface area contributed by atoms with Crippen LogP contribution in [0.15, 0.2) is 30.6 Å². The molecule has 2 aromatic rings. The number of nitrogens with two attached hydrogens (primary N) is 1. The highest BCUT2D eigenvalue weighted by Crippen LogP contribution is 2.31. The molecule has 0 unspecified atom stereocenters. The van der Waals surface area contributed by atoms with Crippen LogP contribution in [0.4, 0.5) is 24.5 Å². The zero-order chi connectivity index (χ0) is 14.0. The van der Waals surface area contributed by atoms with E-state index >= 15 is 0 Å². The predicted octanol–water partition coefficient (Wildman–Crippen LogP) is 2.26. The number of nitrogen functional groups attached to an aromatic ring is 1. The van der Waals surface area contributed by atoms with Gasteiger partial charge in [0.1, 0.15) is 0 Å². The van der Waals surface area contributed by atoms with Crippen molar-refractivity contribution in [2.24, 2.45) is 0 Å². The van der Waals surface area contributed by atoms with Crippen LogP contribution >= 0.6 is 0 Å². The number of alkyl halides is 3. The normalized spacial score (nSPS) is 11.3. The Morgan fingerprint density at radius 1 is 1.37 bits per heavy atom. The van der Waals surface area contributed by atoms with E-state index in [2.05, 4.69) is 15.5 Å². The van der Waals surface area contributed by atoms with Gasteiger partial charge in [-0.3, -0.25) is 9.89 Å². The Morgan fingerprint density at radius 2 is 2.11 bits per heavy atom. The Labute approximate surface area is 105 Å². The monoisotopic (exact) mass is 270 g/mol. The molecule has 2 rings (SSSR count). The summed E-state index contributed by atoms with van der Waals surface area (Å²) in [5.41, 5.74) is 4.64. The van der Waals surface area contributed by atoms with E-state index in [0.29, 0.717) is 11.8 Å². The maximum absolute atomic E-state index is 12.6. The molecule has 0 radical (unpaired) electrons. The number of hydrogen-bond acceptors (Lipinski definition) is 3. The summed E-state index contributed by atoms with van der Waals surface area (Å²) in [6.45, 7) is 0. The highest BCUT2D eigenvalue weighted by molar-refractivity contribution is 6.07. The van der Waals surface area contributed by atoms with Crippen LogP contribution in [0.1, 0.15) is 15.9 Å². The number of rotatable bonds is 2. The van der Waals surface area contributed by atoms with Crippen molar-refractivity contribution in [1.82, 2.24) is 10.2 Å². The average molecular weight is 270 g/mol. The van der Waals surface area contributed by atoms with Crippen LogP contribution in [0.2, 0.25) is 0 Å². The van der Waals surface area contributed by atoms with Crippen LogP contribution < -0.4 is 11.1 Å². The minimum absolute atomic E-state index is 0.0333. The molecule has 0 spiro atoms. The van der Waals surface area contributed by atoms with Crippen LogP contribution in [-0.2, 0) is 6.18 Å². The number of halogens is 3. The number of H-pyrrole nitrogens is 1. The third-order valence-electron chi connectivity index (χ3n) is 2.38. The number of nitrogens with one attached hydrogen (secondary N) is 2.